The fourth-order valence-electron chi connectivity index (χ4n) is 3.75. The van der Waals surface area contributed by atoms with E-state index in [1.807, 2.05) is 0 Å². The Morgan fingerprint density at radius 2 is 1.44 bits per heavy atom. The molecule has 4 rings (SSSR count). The van der Waals surface area contributed by atoms with E-state index >= 15 is 0 Å². The van der Waals surface area contributed by atoms with Gasteiger partial charge in [0.25, 0.3) is 15.9 Å². The molecule has 1 heterocycles. The van der Waals surface area contributed by atoms with Gasteiger partial charge in [0.2, 0.25) is 10.0 Å². The lowest BCUT2D eigenvalue weighted by Gasteiger charge is -2.17. The molecule has 1 aliphatic rings. The van der Waals surface area contributed by atoms with Crippen molar-refractivity contribution in [3.8, 4) is 5.75 Å². The van der Waals surface area contributed by atoms with Crippen LogP contribution < -0.4 is 14.8 Å². The summed E-state index contributed by atoms with van der Waals surface area (Å²) in [6.07, 6.45) is 1.57. The van der Waals surface area contributed by atoms with Crippen molar-refractivity contribution in [1.29, 1.82) is 0 Å². The van der Waals surface area contributed by atoms with Crippen LogP contribution in [0.4, 0.5) is 15.8 Å². The zero-order valence-electron chi connectivity index (χ0n) is 19.3. The lowest BCUT2D eigenvalue weighted by Crippen LogP contribution is -2.28. The number of hydrogen-bond donors (Lipinski definition) is 2. The molecule has 2 N–H and O–H groups in total. The number of anilines is 2. The Balaban J connectivity index is 1.52. The predicted octanol–water partition coefficient (Wildman–Crippen LogP) is 3.67. The summed E-state index contributed by atoms with van der Waals surface area (Å²) >= 11 is 0. The first-order valence-corrected chi connectivity index (χ1v) is 13.9. The molecule has 0 saturated carbocycles. The van der Waals surface area contributed by atoms with Gasteiger partial charge in [0.15, 0.2) is 0 Å². The van der Waals surface area contributed by atoms with Gasteiger partial charge in [-0.1, -0.05) is 0 Å². The van der Waals surface area contributed by atoms with Crippen LogP contribution in [0.5, 0.6) is 5.75 Å². The van der Waals surface area contributed by atoms with E-state index in [0.717, 1.165) is 25.0 Å². The van der Waals surface area contributed by atoms with Crippen molar-refractivity contribution in [2.45, 2.75) is 22.6 Å². The molecule has 1 amide bonds. The highest BCUT2D eigenvalue weighted by Crippen LogP contribution is 2.27. The minimum absolute atomic E-state index is 0.0105. The van der Waals surface area contributed by atoms with Gasteiger partial charge >= 0.3 is 0 Å². The zero-order chi connectivity index (χ0) is 25.9. The van der Waals surface area contributed by atoms with Gasteiger partial charge in [0, 0.05) is 24.5 Å². The average molecular weight is 534 g/mol. The van der Waals surface area contributed by atoms with Gasteiger partial charge in [-0.15, -0.1) is 0 Å². The van der Waals surface area contributed by atoms with E-state index in [1.54, 1.807) is 0 Å². The van der Waals surface area contributed by atoms with E-state index in [2.05, 4.69) is 10.0 Å². The van der Waals surface area contributed by atoms with Crippen LogP contribution in [-0.4, -0.2) is 47.2 Å². The molecule has 0 atom stereocenters. The summed E-state index contributed by atoms with van der Waals surface area (Å²) in [5.74, 6) is -0.921. The number of carbonyl (C=O) groups is 1. The monoisotopic (exact) mass is 533 g/mol. The molecule has 3 aromatic rings. The number of sulfonamides is 2. The van der Waals surface area contributed by atoms with Crippen molar-refractivity contribution in [3.63, 3.8) is 0 Å². The summed E-state index contributed by atoms with van der Waals surface area (Å²) < 4.78 is 73.1. The molecule has 36 heavy (non-hydrogen) atoms. The maximum Gasteiger partial charge on any atom is 0.261 e. The zero-order valence-corrected chi connectivity index (χ0v) is 20.9. The van der Waals surface area contributed by atoms with E-state index < -0.39 is 31.8 Å². The third-order valence-electron chi connectivity index (χ3n) is 5.64. The third kappa shape index (κ3) is 5.50. The van der Waals surface area contributed by atoms with Gasteiger partial charge in [-0.3, -0.25) is 9.52 Å². The number of nitrogens with one attached hydrogen (secondary N) is 2. The number of halogens is 1. The van der Waals surface area contributed by atoms with E-state index in [1.165, 1.54) is 66.0 Å². The second-order valence-corrected chi connectivity index (χ2v) is 11.7. The molecule has 12 heteroatoms. The largest absolute Gasteiger partial charge is 0.496 e. The van der Waals surface area contributed by atoms with Crippen LogP contribution in [-0.2, 0) is 20.0 Å². The van der Waals surface area contributed by atoms with E-state index in [4.69, 9.17) is 4.74 Å². The maximum absolute atomic E-state index is 13.1. The minimum Gasteiger partial charge on any atom is -0.496 e. The Morgan fingerprint density at radius 1 is 0.861 bits per heavy atom. The number of hydrogen-bond acceptors (Lipinski definition) is 6. The molecule has 9 nitrogen and oxygen atoms in total. The summed E-state index contributed by atoms with van der Waals surface area (Å²) in [7, 11) is -6.31. The molecule has 0 aromatic heterocycles. The molecule has 1 fully saturated rings. The van der Waals surface area contributed by atoms with Gasteiger partial charge in [-0.2, -0.15) is 4.31 Å². The summed E-state index contributed by atoms with van der Waals surface area (Å²) in [5, 5.41) is 2.63. The quantitative estimate of drug-likeness (QED) is 0.456. The summed E-state index contributed by atoms with van der Waals surface area (Å²) in [6.45, 7) is 0.863. The first-order chi connectivity index (χ1) is 17.1. The number of nitrogens with zero attached hydrogens (tertiary/aromatic N) is 1. The topological polar surface area (TPSA) is 122 Å². The number of ether oxygens (including phenoxy) is 1. The lowest BCUT2D eigenvalue weighted by molar-refractivity contribution is 0.102. The Labute approximate surface area is 209 Å². The SMILES string of the molecule is COc1ccc(S(=O)(=O)N2CCCC2)cc1C(=O)Nc1ccc(S(=O)(=O)Nc2ccc(F)cc2)cc1. The average Bonchev–Trinajstić information content (AvgIpc) is 3.41. The van der Waals surface area contributed by atoms with Gasteiger partial charge in [-0.05, 0) is 79.6 Å². The van der Waals surface area contributed by atoms with E-state index in [0.29, 0.717) is 13.1 Å². The Kier molecular flexibility index (Phi) is 7.29. The number of benzene rings is 3. The summed E-state index contributed by atoms with van der Waals surface area (Å²) in [5.41, 5.74) is 0.507. The molecular weight excluding hydrogens is 509 g/mol. The van der Waals surface area contributed by atoms with Crippen molar-refractivity contribution < 1.29 is 30.8 Å². The van der Waals surface area contributed by atoms with Gasteiger partial charge < -0.3 is 10.1 Å². The standard InChI is InChI=1S/C24H24FN3O6S2/c1-34-23-13-12-21(36(32,33)28-14-2-3-15-28)16-22(23)24(29)26-18-8-10-20(11-9-18)35(30,31)27-19-6-4-17(25)5-7-19/h4-13,16,27H,2-3,14-15H2,1H3,(H,26,29). The van der Waals surface area contributed by atoms with Crippen LogP contribution in [0.15, 0.2) is 76.5 Å². The molecule has 1 saturated heterocycles. The molecule has 0 unspecified atom stereocenters. The molecule has 0 radical (unpaired) electrons. The van der Waals surface area contributed by atoms with Crippen LogP contribution >= 0.6 is 0 Å². The fourth-order valence-corrected chi connectivity index (χ4v) is 6.35. The van der Waals surface area contributed by atoms with Crippen LogP contribution in [0.1, 0.15) is 23.2 Å². The first-order valence-electron chi connectivity index (χ1n) is 11.0. The highest BCUT2D eigenvalue weighted by Gasteiger charge is 2.28. The fraction of sp³-hybridized carbons (Fsp3) is 0.208. The van der Waals surface area contributed by atoms with Gasteiger partial charge in [0.05, 0.1) is 22.5 Å². The summed E-state index contributed by atoms with van der Waals surface area (Å²) in [4.78, 5) is 12.9. The third-order valence-corrected chi connectivity index (χ3v) is 8.93. The van der Waals surface area contributed by atoms with Crippen molar-refractivity contribution in [3.05, 3.63) is 78.1 Å². The van der Waals surface area contributed by atoms with Crippen molar-refractivity contribution >= 4 is 37.3 Å². The molecular formula is C24H24FN3O6S2. The van der Waals surface area contributed by atoms with Crippen LogP contribution in [0.3, 0.4) is 0 Å². The lowest BCUT2D eigenvalue weighted by atomic mass is 10.2. The molecule has 190 valence electrons. The Bertz CT molecular complexity index is 1470. The Morgan fingerprint density at radius 3 is 2.06 bits per heavy atom. The highest BCUT2D eigenvalue weighted by atomic mass is 32.2. The molecule has 0 spiro atoms. The summed E-state index contributed by atoms with van der Waals surface area (Å²) in [6, 6.07) is 14.4. The minimum atomic E-state index is -3.94. The van der Waals surface area contributed by atoms with E-state index in [-0.39, 0.29) is 32.5 Å². The number of carbonyl (C=O) groups excluding carboxylic acids is 1. The van der Waals surface area contributed by atoms with Crippen molar-refractivity contribution in [2.75, 3.05) is 30.2 Å². The van der Waals surface area contributed by atoms with Crippen LogP contribution in [0.25, 0.3) is 0 Å². The van der Waals surface area contributed by atoms with E-state index in [9.17, 15) is 26.0 Å². The van der Waals surface area contributed by atoms with Crippen molar-refractivity contribution in [2.24, 2.45) is 0 Å². The maximum atomic E-state index is 13.1. The smallest absolute Gasteiger partial charge is 0.261 e. The van der Waals surface area contributed by atoms with Crippen LogP contribution in [0, 0.1) is 5.82 Å². The first kappa shape index (κ1) is 25.6. The number of methoxy groups -OCH3 is 1. The molecule has 0 aliphatic carbocycles. The van der Waals surface area contributed by atoms with Gasteiger partial charge in [-0.25, -0.2) is 21.2 Å². The molecule has 1 aliphatic heterocycles. The van der Waals surface area contributed by atoms with Gasteiger partial charge in [0.1, 0.15) is 11.6 Å². The second-order valence-electron chi connectivity index (χ2n) is 8.06. The second kappa shape index (κ2) is 10.2. The normalized spacial score (nSPS) is 14.4. The van der Waals surface area contributed by atoms with Crippen molar-refractivity contribution in [1.82, 2.24) is 4.31 Å². The predicted molar refractivity (Wildman–Crippen MR) is 133 cm³/mol. The molecule has 3 aromatic carbocycles. The molecule has 0 bridgehead atoms. The highest BCUT2D eigenvalue weighted by molar-refractivity contribution is 7.92. The number of amides is 1. The number of rotatable bonds is 8. The Hall–Kier alpha value is -3.48. The van der Waals surface area contributed by atoms with Crippen LogP contribution in [0.2, 0.25) is 0 Å².